The highest BCUT2D eigenvalue weighted by Gasteiger charge is 2.25. The third-order valence-electron chi connectivity index (χ3n) is 5.21. The summed E-state index contributed by atoms with van der Waals surface area (Å²) in [6.45, 7) is 3.21. The first-order valence-electron chi connectivity index (χ1n) is 11.0. The predicted octanol–water partition coefficient (Wildman–Crippen LogP) is 5.54. The van der Waals surface area contributed by atoms with E-state index in [1.165, 1.54) is 0 Å². The van der Waals surface area contributed by atoms with Gasteiger partial charge in [0.25, 0.3) is 5.91 Å². The highest BCUT2D eigenvalue weighted by Crippen LogP contribution is 2.34. The average Bonchev–Trinajstić information content (AvgIpc) is 3.26. The van der Waals surface area contributed by atoms with Crippen LogP contribution in [0.4, 0.5) is 17.5 Å². The quantitative estimate of drug-likeness (QED) is 0.231. The standard InChI is InChI=1S/C25H21N5O7/c1-16-7-3-5-9-21(16)36-19-11-18(12-20(13-19)37-22-10-6-4-8-17(22)2)26-24(31)15-28-14-23(29(32)33)27-25(28)30(34)35/h3-14H,15H2,1-2H3,(H,26,31). The predicted molar refractivity (Wildman–Crippen MR) is 133 cm³/mol. The Morgan fingerprint density at radius 3 is 1.92 bits per heavy atom. The maximum Gasteiger partial charge on any atom is 0.439 e. The van der Waals surface area contributed by atoms with Crippen LogP contribution in [-0.4, -0.2) is 25.3 Å². The van der Waals surface area contributed by atoms with Gasteiger partial charge in [0, 0.05) is 23.9 Å². The van der Waals surface area contributed by atoms with Gasteiger partial charge in [0.1, 0.15) is 23.0 Å². The molecule has 0 radical (unpaired) electrons. The number of hydrogen-bond acceptors (Lipinski definition) is 8. The molecule has 0 bridgehead atoms. The third-order valence-corrected chi connectivity index (χ3v) is 5.21. The molecule has 0 fully saturated rings. The average molecular weight is 503 g/mol. The largest absolute Gasteiger partial charge is 0.457 e. The van der Waals surface area contributed by atoms with Crippen LogP contribution in [0, 0.1) is 34.1 Å². The molecule has 0 atom stereocenters. The van der Waals surface area contributed by atoms with Crippen molar-refractivity contribution in [2.45, 2.75) is 20.4 Å². The molecular weight excluding hydrogens is 482 g/mol. The van der Waals surface area contributed by atoms with Gasteiger partial charge in [0.15, 0.2) is 12.7 Å². The summed E-state index contributed by atoms with van der Waals surface area (Å²) in [4.78, 5) is 36.5. The maximum absolute atomic E-state index is 12.7. The van der Waals surface area contributed by atoms with Crippen molar-refractivity contribution in [1.82, 2.24) is 9.55 Å². The van der Waals surface area contributed by atoms with Gasteiger partial charge in [0.05, 0.1) is 0 Å². The Hall–Kier alpha value is -5.26. The molecule has 1 aromatic heterocycles. The van der Waals surface area contributed by atoms with Crippen molar-refractivity contribution in [3.63, 3.8) is 0 Å². The van der Waals surface area contributed by atoms with Crippen molar-refractivity contribution in [3.05, 3.63) is 104 Å². The number of nitrogens with zero attached hydrogens (tertiary/aromatic N) is 4. The van der Waals surface area contributed by atoms with E-state index in [0.717, 1.165) is 21.9 Å². The molecule has 0 aliphatic carbocycles. The van der Waals surface area contributed by atoms with E-state index in [0.29, 0.717) is 23.0 Å². The van der Waals surface area contributed by atoms with Gasteiger partial charge < -0.3 is 35.0 Å². The van der Waals surface area contributed by atoms with Crippen LogP contribution in [0.2, 0.25) is 0 Å². The lowest BCUT2D eigenvalue weighted by molar-refractivity contribution is -0.403. The van der Waals surface area contributed by atoms with E-state index in [9.17, 15) is 25.0 Å². The SMILES string of the molecule is Cc1ccccc1Oc1cc(NC(=O)Cn2cc([N+](=O)[O-])nc2[N+](=O)[O-])cc(Oc2ccccc2C)c1. The lowest BCUT2D eigenvalue weighted by Gasteiger charge is -2.14. The lowest BCUT2D eigenvalue weighted by atomic mass is 10.2. The van der Waals surface area contributed by atoms with Crippen LogP contribution in [0.3, 0.4) is 0 Å². The highest BCUT2D eigenvalue weighted by molar-refractivity contribution is 5.91. The number of nitrogens with one attached hydrogen (secondary N) is 1. The van der Waals surface area contributed by atoms with E-state index in [2.05, 4.69) is 10.3 Å². The van der Waals surface area contributed by atoms with Gasteiger partial charge in [-0.15, -0.1) is 0 Å². The molecule has 0 saturated heterocycles. The number of nitro groups is 2. The van der Waals surface area contributed by atoms with E-state index in [4.69, 9.17) is 9.47 Å². The molecule has 3 aromatic carbocycles. The van der Waals surface area contributed by atoms with Gasteiger partial charge in [-0.05, 0) is 51.9 Å². The fourth-order valence-electron chi connectivity index (χ4n) is 3.46. The van der Waals surface area contributed by atoms with Crippen LogP contribution in [0.1, 0.15) is 11.1 Å². The molecule has 4 rings (SSSR count). The molecule has 1 heterocycles. The number of imidazole rings is 1. The molecule has 12 nitrogen and oxygen atoms in total. The monoisotopic (exact) mass is 503 g/mol. The number of carbonyl (C=O) groups excluding carboxylic acids is 1. The topological polar surface area (TPSA) is 152 Å². The maximum atomic E-state index is 12.7. The summed E-state index contributed by atoms with van der Waals surface area (Å²) in [7, 11) is 0. The molecule has 0 unspecified atom stereocenters. The minimum absolute atomic E-state index is 0.289. The van der Waals surface area contributed by atoms with Crippen LogP contribution in [-0.2, 0) is 11.3 Å². The van der Waals surface area contributed by atoms with Gasteiger partial charge in [-0.1, -0.05) is 36.4 Å². The number of para-hydroxylation sites is 2. The fourth-order valence-corrected chi connectivity index (χ4v) is 3.46. The summed E-state index contributed by atoms with van der Waals surface area (Å²) in [5, 5.41) is 24.8. The molecule has 0 spiro atoms. The molecule has 4 aromatic rings. The Bertz CT molecular complexity index is 1430. The second-order valence-electron chi connectivity index (χ2n) is 8.02. The van der Waals surface area contributed by atoms with Crippen LogP contribution < -0.4 is 14.8 Å². The Balaban J connectivity index is 1.62. The second-order valence-corrected chi connectivity index (χ2v) is 8.02. The van der Waals surface area contributed by atoms with Crippen LogP contribution in [0.5, 0.6) is 23.0 Å². The number of hydrogen-bond donors (Lipinski definition) is 1. The van der Waals surface area contributed by atoms with Gasteiger partial charge >= 0.3 is 11.8 Å². The molecule has 1 amide bonds. The van der Waals surface area contributed by atoms with Crippen molar-refractivity contribution in [2.75, 3.05) is 5.32 Å². The third kappa shape index (κ3) is 6.06. The number of rotatable bonds is 9. The Kier molecular flexibility index (Phi) is 7.09. The number of ether oxygens (including phenoxy) is 2. The number of aromatic nitrogens is 2. The first kappa shape index (κ1) is 24.9. The van der Waals surface area contributed by atoms with E-state index in [-0.39, 0.29) is 5.69 Å². The summed E-state index contributed by atoms with van der Waals surface area (Å²) >= 11 is 0. The molecule has 1 N–H and O–H groups in total. The fraction of sp³-hybridized carbons (Fsp3) is 0.120. The molecule has 188 valence electrons. The zero-order valence-electron chi connectivity index (χ0n) is 19.8. The Morgan fingerprint density at radius 1 is 0.892 bits per heavy atom. The number of carbonyl (C=O) groups is 1. The number of anilines is 1. The normalized spacial score (nSPS) is 10.5. The number of benzene rings is 3. The molecule has 0 aliphatic heterocycles. The van der Waals surface area contributed by atoms with E-state index in [1.807, 2.05) is 50.2 Å². The van der Waals surface area contributed by atoms with Crippen molar-refractivity contribution in [2.24, 2.45) is 0 Å². The Labute approximate surface area is 210 Å². The molecule has 37 heavy (non-hydrogen) atoms. The molecule has 0 aliphatic rings. The van der Waals surface area contributed by atoms with Crippen LogP contribution >= 0.6 is 0 Å². The summed E-state index contributed by atoms with van der Waals surface area (Å²) < 4.78 is 12.9. The molecular formula is C25H21N5O7. The lowest BCUT2D eigenvalue weighted by Crippen LogP contribution is -2.19. The van der Waals surface area contributed by atoms with Gasteiger partial charge in [-0.2, -0.15) is 0 Å². The molecule has 12 heteroatoms. The van der Waals surface area contributed by atoms with Gasteiger partial charge in [0.2, 0.25) is 0 Å². The summed E-state index contributed by atoms with van der Waals surface area (Å²) in [6, 6.07) is 19.6. The van der Waals surface area contributed by atoms with E-state index < -0.39 is 34.1 Å². The van der Waals surface area contributed by atoms with E-state index >= 15 is 0 Å². The highest BCUT2D eigenvalue weighted by atomic mass is 16.6. The second kappa shape index (κ2) is 10.6. The minimum Gasteiger partial charge on any atom is -0.457 e. The van der Waals surface area contributed by atoms with Gasteiger partial charge in [-0.25, -0.2) is 4.57 Å². The summed E-state index contributed by atoms with van der Waals surface area (Å²) in [5.41, 5.74) is 2.08. The molecule has 0 saturated carbocycles. The van der Waals surface area contributed by atoms with Crippen molar-refractivity contribution < 1.29 is 24.1 Å². The number of aryl methyl sites for hydroxylation is 2. The zero-order valence-corrected chi connectivity index (χ0v) is 19.8. The van der Waals surface area contributed by atoms with Crippen molar-refractivity contribution in [1.29, 1.82) is 0 Å². The Morgan fingerprint density at radius 2 is 1.43 bits per heavy atom. The zero-order chi connectivity index (χ0) is 26.5. The first-order chi connectivity index (χ1) is 17.7. The summed E-state index contributed by atoms with van der Waals surface area (Å²) in [6.07, 6.45) is 0.835. The summed E-state index contributed by atoms with van der Waals surface area (Å²) in [5.74, 6) is -0.266. The van der Waals surface area contributed by atoms with Crippen LogP contribution in [0.15, 0.2) is 72.9 Å². The van der Waals surface area contributed by atoms with Crippen LogP contribution in [0.25, 0.3) is 0 Å². The van der Waals surface area contributed by atoms with E-state index in [1.54, 1.807) is 30.3 Å². The minimum atomic E-state index is -0.898. The van der Waals surface area contributed by atoms with Crippen molar-refractivity contribution in [3.8, 4) is 23.0 Å². The number of amides is 1. The first-order valence-corrected chi connectivity index (χ1v) is 11.0. The van der Waals surface area contributed by atoms with Crippen molar-refractivity contribution >= 4 is 23.4 Å². The van der Waals surface area contributed by atoms with Gasteiger partial charge in [-0.3, -0.25) is 4.79 Å². The smallest absolute Gasteiger partial charge is 0.439 e.